The number of anilines is 1. The van der Waals surface area contributed by atoms with Gasteiger partial charge < -0.3 is 20.3 Å². The van der Waals surface area contributed by atoms with Crippen LogP contribution in [0.3, 0.4) is 0 Å². The molecule has 1 saturated heterocycles. The highest BCUT2D eigenvalue weighted by molar-refractivity contribution is 6.31. The molecule has 2 aromatic rings. The standard InChI is InChI=1S/C22H25ClN6O2/c23-19-13-18(4-1-15(19)14-24)31-17-5-2-16(3-6-17)26-22(30)20-7-8-21(28-27-20)29-11-9-25-10-12-29/h1,4,7-8,13,16-17,25H,2-3,5-6,9-12H2,(H,26,30). The molecule has 1 aromatic carbocycles. The van der Waals surface area contributed by atoms with Gasteiger partial charge in [0, 0.05) is 38.3 Å². The van der Waals surface area contributed by atoms with E-state index in [4.69, 9.17) is 21.6 Å². The van der Waals surface area contributed by atoms with Crippen molar-refractivity contribution < 1.29 is 9.53 Å². The van der Waals surface area contributed by atoms with Crippen LogP contribution in [0.4, 0.5) is 5.82 Å². The van der Waals surface area contributed by atoms with Crippen LogP contribution >= 0.6 is 11.6 Å². The third-order valence-corrected chi connectivity index (χ3v) is 6.01. The highest BCUT2D eigenvalue weighted by Gasteiger charge is 2.25. The average Bonchev–Trinajstić information content (AvgIpc) is 2.81. The predicted octanol–water partition coefficient (Wildman–Crippen LogP) is 2.53. The minimum Gasteiger partial charge on any atom is -0.490 e. The molecule has 2 heterocycles. The Balaban J connectivity index is 1.25. The Morgan fingerprint density at radius 3 is 2.58 bits per heavy atom. The molecule has 1 aliphatic heterocycles. The Bertz CT molecular complexity index is 947. The molecule has 2 fully saturated rings. The monoisotopic (exact) mass is 440 g/mol. The lowest BCUT2D eigenvalue weighted by molar-refractivity contribution is 0.0888. The van der Waals surface area contributed by atoms with Gasteiger partial charge in [0.05, 0.1) is 16.7 Å². The van der Waals surface area contributed by atoms with Gasteiger partial charge in [-0.15, -0.1) is 10.2 Å². The van der Waals surface area contributed by atoms with Gasteiger partial charge in [-0.3, -0.25) is 4.79 Å². The zero-order valence-electron chi connectivity index (χ0n) is 17.2. The first-order valence-electron chi connectivity index (χ1n) is 10.6. The molecule has 0 unspecified atom stereocenters. The van der Waals surface area contributed by atoms with Gasteiger partial charge in [-0.25, -0.2) is 0 Å². The van der Waals surface area contributed by atoms with Crippen molar-refractivity contribution in [2.75, 3.05) is 31.1 Å². The van der Waals surface area contributed by atoms with E-state index in [9.17, 15) is 4.79 Å². The van der Waals surface area contributed by atoms with Crippen LogP contribution in [-0.4, -0.2) is 54.4 Å². The first-order valence-corrected chi connectivity index (χ1v) is 11.0. The fourth-order valence-electron chi connectivity index (χ4n) is 3.95. The Labute approximate surface area is 186 Å². The molecule has 162 valence electrons. The molecule has 1 amide bonds. The fraction of sp³-hybridized carbons (Fsp3) is 0.455. The normalized spacial score (nSPS) is 21.2. The van der Waals surface area contributed by atoms with Crippen LogP contribution in [0.25, 0.3) is 0 Å². The van der Waals surface area contributed by atoms with Crippen LogP contribution in [0, 0.1) is 11.3 Å². The van der Waals surface area contributed by atoms with Crippen molar-refractivity contribution in [2.45, 2.75) is 37.8 Å². The summed E-state index contributed by atoms with van der Waals surface area (Å²) >= 11 is 6.07. The lowest BCUT2D eigenvalue weighted by Gasteiger charge is -2.29. The minimum atomic E-state index is -0.192. The number of rotatable bonds is 5. The van der Waals surface area contributed by atoms with Gasteiger partial charge >= 0.3 is 0 Å². The maximum Gasteiger partial charge on any atom is 0.272 e. The number of amides is 1. The number of carbonyl (C=O) groups excluding carboxylic acids is 1. The number of aromatic nitrogens is 2. The maximum absolute atomic E-state index is 12.6. The van der Waals surface area contributed by atoms with E-state index in [1.165, 1.54) is 0 Å². The first kappa shape index (κ1) is 21.3. The summed E-state index contributed by atoms with van der Waals surface area (Å²) in [5.74, 6) is 1.28. The second-order valence-corrected chi connectivity index (χ2v) is 8.24. The molecule has 0 atom stereocenters. The molecule has 2 N–H and O–H groups in total. The number of nitriles is 1. The molecular formula is C22H25ClN6O2. The van der Waals surface area contributed by atoms with E-state index in [0.717, 1.165) is 57.7 Å². The summed E-state index contributed by atoms with van der Waals surface area (Å²) < 4.78 is 6.01. The molecule has 31 heavy (non-hydrogen) atoms. The van der Waals surface area contributed by atoms with Crippen LogP contribution in [0.2, 0.25) is 5.02 Å². The SMILES string of the molecule is N#Cc1ccc(OC2CCC(NC(=O)c3ccc(N4CCNCC4)nn3)CC2)cc1Cl. The zero-order chi connectivity index (χ0) is 21.6. The zero-order valence-corrected chi connectivity index (χ0v) is 17.9. The maximum atomic E-state index is 12.6. The van der Waals surface area contributed by atoms with Gasteiger partial charge in [-0.1, -0.05) is 11.6 Å². The summed E-state index contributed by atoms with van der Waals surface area (Å²) in [7, 11) is 0. The summed E-state index contributed by atoms with van der Waals surface area (Å²) in [5.41, 5.74) is 0.772. The lowest BCUT2D eigenvalue weighted by Crippen LogP contribution is -2.44. The number of piperazine rings is 1. The number of hydrogen-bond acceptors (Lipinski definition) is 7. The molecule has 9 heteroatoms. The van der Waals surface area contributed by atoms with Crippen molar-refractivity contribution in [3.8, 4) is 11.8 Å². The molecule has 1 saturated carbocycles. The number of nitrogens with one attached hydrogen (secondary N) is 2. The van der Waals surface area contributed by atoms with Gasteiger partial charge in [0.2, 0.25) is 0 Å². The van der Waals surface area contributed by atoms with Crippen molar-refractivity contribution in [3.05, 3.63) is 46.6 Å². The highest BCUT2D eigenvalue weighted by atomic mass is 35.5. The summed E-state index contributed by atoms with van der Waals surface area (Å²) in [5, 5.41) is 24.1. The van der Waals surface area contributed by atoms with Gasteiger partial charge in [-0.2, -0.15) is 5.26 Å². The van der Waals surface area contributed by atoms with E-state index in [1.807, 2.05) is 12.1 Å². The van der Waals surface area contributed by atoms with Crippen molar-refractivity contribution >= 4 is 23.3 Å². The Hall–Kier alpha value is -2.89. The van der Waals surface area contributed by atoms with Crippen molar-refractivity contribution in [1.29, 1.82) is 5.26 Å². The van der Waals surface area contributed by atoms with Gasteiger partial charge in [0.25, 0.3) is 5.91 Å². The van der Waals surface area contributed by atoms with Crippen molar-refractivity contribution in [2.24, 2.45) is 0 Å². The number of ether oxygens (including phenoxy) is 1. The fourth-order valence-corrected chi connectivity index (χ4v) is 4.16. The van der Waals surface area contributed by atoms with Crippen LogP contribution in [0.1, 0.15) is 41.7 Å². The van der Waals surface area contributed by atoms with E-state index in [-0.39, 0.29) is 18.1 Å². The predicted molar refractivity (Wildman–Crippen MR) is 117 cm³/mol. The van der Waals surface area contributed by atoms with Crippen LogP contribution < -0.4 is 20.3 Å². The molecule has 2 aliphatic rings. The van der Waals surface area contributed by atoms with E-state index < -0.39 is 0 Å². The van der Waals surface area contributed by atoms with Crippen LogP contribution in [-0.2, 0) is 0 Å². The average molecular weight is 441 g/mol. The first-order chi connectivity index (χ1) is 15.1. The number of halogens is 1. The second kappa shape index (κ2) is 9.94. The quantitative estimate of drug-likeness (QED) is 0.736. The van der Waals surface area contributed by atoms with Crippen LogP contribution in [0.15, 0.2) is 30.3 Å². The van der Waals surface area contributed by atoms with E-state index in [1.54, 1.807) is 24.3 Å². The Kier molecular flexibility index (Phi) is 6.85. The van der Waals surface area contributed by atoms with Crippen LogP contribution in [0.5, 0.6) is 5.75 Å². The summed E-state index contributed by atoms with van der Waals surface area (Å²) in [6, 6.07) is 10.8. The molecule has 0 bridgehead atoms. The third-order valence-electron chi connectivity index (χ3n) is 5.70. The molecule has 1 aliphatic carbocycles. The minimum absolute atomic E-state index is 0.0651. The number of nitrogens with zero attached hydrogens (tertiary/aromatic N) is 4. The molecular weight excluding hydrogens is 416 g/mol. The molecule has 0 spiro atoms. The third kappa shape index (κ3) is 5.43. The number of hydrogen-bond donors (Lipinski definition) is 2. The Morgan fingerprint density at radius 2 is 1.94 bits per heavy atom. The molecule has 1 aromatic heterocycles. The molecule has 4 rings (SSSR count). The smallest absolute Gasteiger partial charge is 0.272 e. The van der Waals surface area contributed by atoms with Crippen molar-refractivity contribution in [3.63, 3.8) is 0 Å². The largest absolute Gasteiger partial charge is 0.490 e. The second-order valence-electron chi connectivity index (χ2n) is 7.83. The molecule has 8 nitrogen and oxygen atoms in total. The Morgan fingerprint density at radius 1 is 1.16 bits per heavy atom. The van der Waals surface area contributed by atoms with E-state index >= 15 is 0 Å². The number of carbonyl (C=O) groups is 1. The van der Waals surface area contributed by atoms with Gasteiger partial charge in [0.15, 0.2) is 11.5 Å². The van der Waals surface area contributed by atoms with E-state index in [0.29, 0.717) is 22.0 Å². The summed E-state index contributed by atoms with van der Waals surface area (Å²) in [4.78, 5) is 14.7. The van der Waals surface area contributed by atoms with Gasteiger partial charge in [-0.05, 0) is 49.9 Å². The van der Waals surface area contributed by atoms with E-state index in [2.05, 4.69) is 25.7 Å². The summed E-state index contributed by atoms with van der Waals surface area (Å²) in [6.07, 6.45) is 3.38. The number of benzene rings is 1. The highest BCUT2D eigenvalue weighted by Crippen LogP contribution is 2.27. The topological polar surface area (TPSA) is 103 Å². The molecule has 0 radical (unpaired) electrons. The van der Waals surface area contributed by atoms with Crippen molar-refractivity contribution in [1.82, 2.24) is 20.8 Å². The summed E-state index contributed by atoms with van der Waals surface area (Å²) in [6.45, 7) is 3.63. The van der Waals surface area contributed by atoms with Gasteiger partial charge in [0.1, 0.15) is 11.8 Å². The lowest BCUT2D eigenvalue weighted by atomic mass is 9.93.